The lowest BCUT2D eigenvalue weighted by Gasteiger charge is -2.34. The molecule has 1 saturated heterocycles. The number of carbonyl (C=O) groups excluding carboxylic acids is 1. The first-order valence-corrected chi connectivity index (χ1v) is 14.4. The molecule has 1 N–H and O–H groups in total. The lowest BCUT2D eigenvalue weighted by Crippen LogP contribution is -2.49. The molecule has 7 nitrogen and oxygen atoms in total. The lowest BCUT2D eigenvalue weighted by atomic mass is 9.96. The van der Waals surface area contributed by atoms with Gasteiger partial charge in [-0.2, -0.15) is 0 Å². The third kappa shape index (κ3) is 7.56. The van der Waals surface area contributed by atoms with Crippen LogP contribution in [0.2, 0.25) is 5.02 Å². The number of nitrogens with zero attached hydrogens (tertiary/aromatic N) is 2. The number of halogens is 1. The highest BCUT2D eigenvalue weighted by atomic mass is 35.5. The minimum Gasteiger partial charge on any atom is -0.482 e. The molecule has 2 aromatic rings. The van der Waals surface area contributed by atoms with E-state index in [1.807, 2.05) is 18.2 Å². The molecule has 0 radical (unpaired) electrons. The van der Waals surface area contributed by atoms with Crippen molar-refractivity contribution in [1.82, 2.24) is 14.5 Å². The molecule has 2 aromatic carbocycles. The first-order valence-electron chi connectivity index (χ1n) is 12.6. The Labute approximate surface area is 219 Å². The van der Waals surface area contributed by atoms with Crippen LogP contribution in [-0.4, -0.2) is 69.5 Å². The molecular formula is C27H34ClN3O4S. The van der Waals surface area contributed by atoms with E-state index in [0.717, 1.165) is 51.7 Å². The van der Waals surface area contributed by atoms with Gasteiger partial charge in [-0.15, -0.1) is 0 Å². The molecule has 0 spiro atoms. The topological polar surface area (TPSA) is 78.9 Å². The van der Waals surface area contributed by atoms with Crippen molar-refractivity contribution in [3.05, 3.63) is 65.2 Å². The SMILES string of the molecule is O=C(COc1ccc(S(=O)(=O)NC2CCCCC2)cc1Cl)N1CCN(C/C=C/c2ccccc2)CC1. The molecule has 0 bridgehead atoms. The van der Waals surface area contributed by atoms with Crippen molar-refractivity contribution in [1.29, 1.82) is 0 Å². The molecule has 1 aliphatic heterocycles. The standard InChI is InChI=1S/C27H34ClN3O4S/c28-25-20-24(36(33,34)29-23-11-5-2-6-12-23)13-14-26(25)35-21-27(32)31-18-16-30(17-19-31)15-7-10-22-8-3-1-4-9-22/h1,3-4,7-10,13-14,20,23,29H,2,5-6,11-12,15-19,21H2/b10-7+. The van der Waals surface area contributed by atoms with Gasteiger partial charge in [0.1, 0.15) is 5.75 Å². The fourth-order valence-corrected chi connectivity index (χ4v) is 6.22. The number of benzene rings is 2. The zero-order chi connectivity index (χ0) is 25.4. The maximum Gasteiger partial charge on any atom is 0.260 e. The fraction of sp³-hybridized carbons (Fsp3) is 0.444. The van der Waals surface area contributed by atoms with E-state index < -0.39 is 10.0 Å². The van der Waals surface area contributed by atoms with Crippen LogP contribution in [0.25, 0.3) is 6.08 Å². The number of rotatable bonds is 9. The van der Waals surface area contributed by atoms with Crippen LogP contribution < -0.4 is 9.46 Å². The molecule has 1 aliphatic carbocycles. The summed E-state index contributed by atoms with van der Waals surface area (Å²) < 4.78 is 33.9. The van der Waals surface area contributed by atoms with Gasteiger partial charge >= 0.3 is 0 Å². The molecule has 2 aliphatic rings. The smallest absolute Gasteiger partial charge is 0.260 e. The summed E-state index contributed by atoms with van der Waals surface area (Å²) in [6.07, 6.45) is 9.19. The third-order valence-corrected chi connectivity index (χ3v) is 8.50. The summed E-state index contributed by atoms with van der Waals surface area (Å²) >= 11 is 6.30. The number of hydrogen-bond acceptors (Lipinski definition) is 5. The fourth-order valence-electron chi connectivity index (χ4n) is 4.59. The van der Waals surface area contributed by atoms with Crippen molar-refractivity contribution in [2.45, 2.75) is 43.0 Å². The number of sulfonamides is 1. The predicted octanol–water partition coefficient (Wildman–Crippen LogP) is 4.19. The van der Waals surface area contributed by atoms with Gasteiger partial charge in [0.2, 0.25) is 10.0 Å². The quantitative estimate of drug-likeness (QED) is 0.525. The summed E-state index contributed by atoms with van der Waals surface area (Å²) in [6.45, 7) is 3.57. The van der Waals surface area contributed by atoms with Gasteiger partial charge in [-0.25, -0.2) is 13.1 Å². The highest BCUT2D eigenvalue weighted by molar-refractivity contribution is 7.89. The molecule has 1 saturated carbocycles. The van der Waals surface area contributed by atoms with Gasteiger partial charge in [0.25, 0.3) is 5.91 Å². The Hall–Kier alpha value is -2.39. The van der Waals surface area contributed by atoms with Crippen molar-refractivity contribution in [3.63, 3.8) is 0 Å². The van der Waals surface area contributed by atoms with Gasteiger partial charge in [-0.05, 0) is 36.6 Å². The van der Waals surface area contributed by atoms with E-state index in [9.17, 15) is 13.2 Å². The Bertz CT molecular complexity index is 1140. The summed E-state index contributed by atoms with van der Waals surface area (Å²) in [5, 5.41) is 0.171. The van der Waals surface area contributed by atoms with Crippen LogP contribution in [0.4, 0.5) is 0 Å². The number of carbonyl (C=O) groups is 1. The minimum absolute atomic E-state index is 0.0311. The van der Waals surface area contributed by atoms with Crippen LogP contribution in [0.1, 0.15) is 37.7 Å². The monoisotopic (exact) mass is 531 g/mol. The molecule has 9 heteroatoms. The average Bonchev–Trinajstić information content (AvgIpc) is 2.89. The predicted molar refractivity (Wildman–Crippen MR) is 143 cm³/mol. The first kappa shape index (κ1) is 26.7. The van der Waals surface area contributed by atoms with Crippen LogP contribution >= 0.6 is 11.6 Å². The third-order valence-electron chi connectivity index (χ3n) is 6.69. The second kappa shape index (κ2) is 12.7. The lowest BCUT2D eigenvalue weighted by molar-refractivity contribution is -0.135. The van der Waals surface area contributed by atoms with Crippen LogP contribution in [0.15, 0.2) is 59.5 Å². The maximum atomic E-state index is 12.7. The number of piperazine rings is 1. The van der Waals surface area contributed by atoms with Crippen LogP contribution in [0.3, 0.4) is 0 Å². The molecule has 4 rings (SSSR count). The van der Waals surface area contributed by atoms with E-state index in [1.165, 1.54) is 23.8 Å². The van der Waals surface area contributed by atoms with Gasteiger partial charge in [-0.3, -0.25) is 9.69 Å². The maximum absolute atomic E-state index is 12.7. The van der Waals surface area contributed by atoms with E-state index >= 15 is 0 Å². The highest BCUT2D eigenvalue weighted by Gasteiger charge is 2.24. The minimum atomic E-state index is -3.65. The van der Waals surface area contributed by atoms with Crippen LogP contribution in [0.5, 0.6) is 5.75 Å². The Morgan fingerprint density at radius 2 is 1.75 bits per heavy atom. The highest BCUT2D eigenvalue weighted by Crippen LogP contribution is 2.28. The first-order chi connectivity index (χ1) is 17.4. The Morgan fingerprint density at radius 1 is 1.03 bits per heavy atom. The van der Waals surface area contributed by atoms with E-state index in [2.05, 4.69) is 33.9 Å². The largest absolute Gasteiger partial charge is 0.482 e. The van der Waals surface area contributed by atoms with Crippen molar-refractivity contribution < 1.29 is 17.9 Å². The zero-order valence-electron chi connectivity index (χ0n) is 20.4. The van der Waals surface area contributed by atoms with Crippen molar-refractivity contribution in [3.8, 4) is 5.75 Å². The zero-order valence-corrected chi connectivity index (χ0v) is 22.0. The Balaban J connectivity index is 1.22. The van der Waals surface area contributed by atoms with E-state index in [1.54, 1.807) is 4.90 Å². The molecule has 1 amide bonds. The van der Waals surface area contributed by atoms with Crippen LogP contribution in [0, 0.1) is 0 Å². The molecule has 36 heavy (non-hydrogen) atoms. The van der Waals surface area contributed by atoms with Gasteiger partial charge in [0.15, 0.2) is 6.61 Å². The van der Waals surface area contributed by atoms with E-state index in [0.29, 0.717) is 18.8 Å². The number of ether oxygens (including phenoxy) is 1. The molecule has 194 valence electrons. The molecule has 0 atom stereocenters. The summed E-state index contributed by atoms with van der Waals surface area (Å²) in [7, 11) is -3.65. The summed E-state index contributed by atoms with van der Waals surface area (Å²) in [6, 6.07) is 14.5. The second-order valence-corrected chi connectivity index (χ2v) is 11.5. The van der Waals surface area contributed by atoms with E-state index in [-0.39, 0.29) is 28.5 Å². The van der Waals surface area contributed by atoms with Gasteiger partial charge in [0, 0.05) is 38.8 Å². The second-order valence-electron chi connectivity index (χ2n) is 9.33. The molecule has 0 unspecified atom stereocenters. The summed E-state index contributed by atoms with van der Waals surface area (Å²) in [5.41, 5.74) is 1.17. The number of amides is 1. The van der Waals surface area contributed by atoms with Crippen molar-refractivity contribution >= 4 is 33.6 Å². The van der Waals surface area contributed by atoms with Crippen molar-refractivity contribution in [2.75, 3.05) is 39.3 Å². The summed E-state index contributed by atoms with van der Waals surface area (Å²) in [5.74, 6) is 0.188. The van der Waals surface area contributed by atoms with Gasteiger partial charge < -0.3 is 9.64 Å². The van der Waals surface area contributed by atoms with Gasteiger partial charge in [-0.1, -0.05) is 73.3 Å². The molecule has 1 heterocycles. The molecule has 0 aromatic heterocycles. The number of nitrogens with one attached hydrogen (secondary N) is 1. The normalized spacial score (nSPS) is 18.0. The average molecular weight is 532 g/mol. The summed E-state index contributed by atoms with van der Waals surface area (Å²) in [4.78, 5) is 16.9. The Kier molecular flexibility index (Phi) is 9.42. The van der Waals surface area contributed by atoms with Gasteiger partial charge in [0.05, 0.1) is 9.92 Å². The van der Waals surface area contributed by atoms with E-state index in [4.69, 9.17) is 16.3 Å². The molecular weight excluding hydrogens is 498 g/mol. The van der Waals surface area contributed by atoms with Crippen LogP contribution in [-0.2, 0) is 14.8 Å². The molecule has 2 fully saturated rings. The number of hydrogen-bond donors (Lipinski definition) is 1. The Morgan fingerprint density at radius 3 is 2.44 bits per heavy atom. The van der Waals surface area contributed by atoms with Crippen molar-refractivity contribution in [2.24, 2.45) is 0 Å².